The fraction of sp³-hybridized carbons (Fsp3) is 0.812. The Kier molecular flexibility index (Phi) is 8.09. The van der Waals surface area contributed by atoms with Crippen molar-refractivity contribution in [3.05, 3.63) is 0 Å². The Balaban J connectivity index is 1.99. The van der Waals surface area contributed by atoms with Gasteiger partial charge in [0.2, 0.25) is 0 Å². The Morgan fingerprint density at radius 3 is 1.73 bits per heavy atom. The molecule has 0 aromatic rings. The normalized spacial score (nSPS) is 15.5. The Labute approximate surface area is 133 Å². The number of amides is 4. The van der Waals surface area contributed by atoms with Crippen LogP contribution >= 0.6 is 0 Å². The number of rotatable bonds is 11. The van der Waals surface area contributed by atoms with E-state index in [1.54, 1.807) is 0 Å². The quantitative estimate of drug-likeness (QED) is 0.333. The maximum absolute atomic E-state index is 11.6. The van der Waals surface area contributed by atoms with Crippen LogP contribution in [-0.4, -0.2) is 66.8 Å². The van der Waals surface area contributed by atoms with Crippen LogP contribution in [0.3, 0.4) is 0 Å². The third kappa shape index (κ3) is 5.75. The van der Waals surface area contributed by atoms with Gasteiger partial charge in [0.1, 0.15) is 0 Å². The first-order chi connectivity index (χ1) is 10.4. The number of unbranched alkanes of at least 4 members (excludes halogenated alkanes) is 7. The summed E-state index contributed by atoms with van der Waals surface area (Å²) in [4.78, 5) is 38.7. The van der Waals surface area contributed by atoms with Gasteiger partial charge in [-0.1, -0.05) is 38.5 Å². The minimum Gasteiger partial charge on any atom is -0.309 e. The average Bonchev–Trinajstić information content (AvgIpc) is 2.66. The van der Waals surface area contributed by atoms with Crippen molar-refractivity contribution in [3.63, 3.8) is 0 Å². The number of carbonyl (C=O) groups excluding carboxylic acids is 3. The van der Waals surface area contributed by atoms with E-state index >= 15 is 0 Å². The molecule has 126 valence electrons. The zero-order valence-corrected chi connectivity index (χ0v) is 14.1. The second kappa shape index (κ2) is 9.56. The van der Waals surface area contributed by atoms with Crippen molar-refractivity contribution in [2.75, 3.05) is 34.2 Å². The lowest BCUT2D eigenvalue weighted by atomic mass is 10.1. The molecule has 0 radical (unpaired) electrons. The molecule has 1 aliphatic heterocycles. The maximum atomic E-state index is 11.6. The van der Waals surface area contributed by atoms with E-state index in [1.807, 2.05) is 0 Å². The Morgan fingerprint density at radius 1 is 0.773 bits per heavy atom. The summed E-state index contributed by atoms with van der Waals surface area (Å²) in [5.74, 6) is -1.41. The van der Waals surface area contributed by atoms with Gasteiger partial charge in [-0.15, -0.1) is 0 Å². The first-order valence-electron chi connectivity index (χ1n) is 8.23. The van der Waals surface area contributed by atoms with Gasteiger partial charge in [0, 0.05) is 13.6 Å². The first kappa shape index (κ1) is 18.6. The van der Waals surface area contributed by atoms with Crippen molar-refractivity contribution in [2.24, 2.45) is 0 Å². The molecular formula is C16H29N3O3. The van der Waals surface area contributed by atoms with Crippen LogP contribution in [0.1, 0.15) is 51.4 Å². The molecule has 0 N–H and O–H groups in total. The van der Waals surface area contributed by atoms with E-state index in [-0.39, 0.29) is 0 Å². The summed E-state index contributed by atoms with van der Waals surface area (Å²) < 4.78 is 0. The second-order valence-electron chi connectivity index (χ2n) is 6.24. The molecule has 0 aromatic heterocycles. The topological polar surface area (TPSA) is 60.9 Å². The summed E-state index contributed by atoms with van der Waals surface area (Å²) in [7, 11) is 5.54. The summed E-state index contributed by atoms with van der Waals surface area (Å²) in [5, 5.41) is 0. The van der Waals surface area contributed by atoms with Crippen LogP contribution in [0.5, 0.6) is 0 Å². The zero-order chi connectivity index (χ0) is 16.5. The fourth-order valence-electron chi connectivity index (χ4n) is 2.57. The Hall–Kier alpha value is -1.43. The largest absolute Gasteiger partial charge is 0.333 e. The van der Waals surface area contributed by atoms with E-state index in [4.69, 9.17) is 0 Å². The molecule has 1 rings (SSSR count). The number of nitrogens with zero attached hydrogens (tertiary/aromatic N) is 3. The highest BCUT2D eigenvalue weighted by Gasteiger charge is 2.41. The van der Waals surface area contributed by atoms with Crippen LogP contribution < -0.4 is 0 Å². The van der Waals surface area contributed by atoms with Crippen LogP contribution in [0, 0.1) is 0 Å². The summed E-state index contributed by atoms with van der Waals surface area (Å²) in [5.41, 5.74) is 0. The lowest BCUT2D eigenvalue weighted by Crippen LogP contribution is -2.32. The van der Waals surface area contributed by atoms with Crippen molar-refractivity contribution >= 4 is 17.8 Å². The first-order valence-corrected chi connectivity index (χ1v) is 8.23. The monoisotopic (exact) mass is 311 g/mol. The highest BCUT2D eigenvalue weighted by atomic mass is 16.2. The third-order valence-corrected chi connectivity index (χ3v) is 3.99. The van der Waals surface area contributed by atoms with E-state index in [2.05, 4.69) is 19.0 Å². The van der Waals surface area contributed by atoms with Crippen molar-refractivity contribution in [1.82, 2.24) is 14.7 Å². The SMILES string of the molecule is CN(C)CCCCCCCCCCN1C(=O)C(=O)N(C)C1=O. The van der Waals surface area contributed by atoms with E-state index < -0.39 is 17.8 Å². The van der Waals surface area contributed by atoms with E-state index in [0.717, 1.165) is 35.6 Å². The van der Waals surface area contributed by atoms with Gasteiger partial charge in [0.15, 0.2) is 0 Å². The van der Waals surface area contributed by atoms with Gasteiger partial charge in [-0.05, 0) is 33.5 Å². The highest BCUT2D eigenvalue weighted by molar-refractivity contribution is 6.44. The van der Waals surface area contributed by atoms with Gasteiger partial charge in [-0.3, -0.25) is 19.4 Å². The Bertz CT molecular complexity index is 396. The van der Waals surface area contributed by atoms with Gasteiger partial charge in [-0.25, -0.2) is 4.79 Å². The molecule has 1 saturated heterocycles. The number of urea groups is 1. The molecular weight excluding hydrogens is 282 g/mol. The number of carbonyl (C=O) groups is 3. The minimum atomic E-state index is -0.720. The molecule has 6 heteroatoms. The van der Waals surface area contributed by atoms with Gasteiger partial charge >= 0.3 is 17.8 Å². The third-order valence-electron chi connectivity index (χ3n) is 3.99. The molecule has 22 heavy (non-hydrogen) atoms. The van der Waals surface area contributed by atoms with Crippen molar-refractivity contribution in [1.29, 1.82) is 0 Å². The van der Waals surface area contributed by atoms with Gasteiger partial charge in [0.25, 0.3) is 0 Å². The van der Waals surface area contributed by atoms with Gasteiger partial charge < -0.3 is 4.90 Å². The molecule has 0 bridgehead atoms. The number of hydrogen-bond acceptors (Lipinski definition) is 4. The molecule has 0 atom stereocenters. The molecule has 4 amide bonds. The molecule has 0 aromatic carbocycles. The molecule has 1 heterocycles. The average molecular weight is 311 g/mol. The van der Waals surface area contributed by atoms with E-state index in [9.17, 15) is 14.4 Å². The highest BCUT2D eigenvalue weighted by Crippen LogP contribution is 2.13. The lowest BCUT2D eigenvalue weighted by Gasteiger charge is -2.12. The fourth-order valence-corrected chi connectivity index (χ4v) is 2.57. The molecule has 0 spiro atoms. The Morgan fingerprint density at radius 2 is 1.27 bits per heavy atom. The van der Waals surface area contributed by atoms with Crippen LogP contribution in [0.15, 0.2) is 0 Å². The number of likely N-dealkylation sites (N-methyl/N-ethyl adjacent to an activating group) is 1. The van der Waals surface area contributed by atoms with E-state index in [0.29, 0.717) is 6.54 Å². The summed E-state index contributed by atoms with van der Waals surface area (Å²) in [6, 6.07) is -0.490. The van der Waals surface area contributed by atoms with Crippen molar-refractivity contribution in [3.8, 4) is 0 Å². The van der Waals surface area contributed by atoms with Crippen LogP contribution in [0.25, 0.3) is 0 Å². The molecule has 0 unspecified atom stereocenters. The lowest BCUT2D eigenvalue weighted by molar-refractivity contribution is -0.142. The number of hydrogen-bond donors (Lipinski definition) is 0. The maximum Gasteiger partial charge on any atom is 0.333 e. The minimum absolute atomic E-state index is 0.358. The molecule has 1 fully saturated rings. The van der Waals surface area contributed by atoms with Crippen LogP contribution in [0.4, 0.5) is 4.79 Å². The second-order valence-corrected chi connectivity index (χ2v) is 6.24. The van der Waals surface area contributed by atoms with E-state index in [1.165, 1.54) is 39.2 Å². The summed E-state index contributed by atoms with van der Waals surface area (Å²) in [6.07, 6.45) is 9.14. The zero-order valence-electron chi connectivity index (χ0n) is 14.1. The standard InChI is InChI=1S/C16H29N3O3/c1-17(2)12-10-8-6-4-5-7-9-11-13-19-15(21)14(20)18(3)16(19)22/h4-13H2,1-3H3. The van der Waals surface area contributed by atoms with Gasteiger partial charge in [0.05, 0.1) is 0 Å². The predicted molar refractivity (Wildman–Crippen MR) is 85.4 cm³/mol. The number of imide groups is 2. The summed E-state index contributed by atoms with van der Waals surface area (Å²) >= 11 is 0. The van der Waals surface area contributed by atoms with Crippen LogP contribution in [0.2, 0.25) is 0 Å². The van der Waals surface area contributed by atoms with Crippen LogP contribution in [-0.2, 0) is 9.59 Å². The van der Waals surface area contributed by atoms with Gasteiger partial charge in [-0.2, -0.15) is 0 Å². The molecule has 6 nitrogen and oxygen atoms in total. The predicted octanol–water partition coefficient (Wildman–Crippen LogP) is 2.09. The molecule has 1 aliphatic rings. The van der Waals surface area contributed by atoms with Crippen molar-refractivity contribution < 1.29 is 14.4 Å². The molecule has 0 saturated carbocycles. The summed E-state index contributed by atoms with van der Waals surface area (Å²) in [6.45, 7) is 1.52. The molecule has 0 aliphatic carbocycles. The van der Waals surface area contributed by atoms with Crippen molar-refractivity contribution in [2.45, 2.75) is 51.4 Å². The smallest absolute Gasteiger partial charge is 0.309 e.